The second-order valence-corrected chi connectivity index (χ2v) is 10.8. The quantitative estimate of drug-likeness (QED) is 0.362. The molecule has 2 unspecified atom stereocenters. The summed E-state index contributed by atoms with van der Waals surface area (Å²) in [5.41, 5.74) is 0.265. The normalized spacial score (nSPS) is 17.6. The fraction of sp³-hybridized carbons (Fsp3) is 0.609. The maximum atomic E-state index is 5.99. The Morgan fingerprint density at radius 3 is 1.81 bits per heavy atom. The zero-order chi connectivity index (χ0) is 26.9. The Morgan fingerprint density at radius 1 is 0.889 bits per heavy atom. The van der Waals surface area contributed by atoms with E-state index in [-0.39, 0.29) is 30.8 Å². The zero-order valence-corrected chi connectivity index (χ0v) is 25.4. The molecule has 2 atom stereocenters. The Morgan fingerprint density at radius 2 is 1.42 bits per heavy atom. The van der Waals surface area contributed by atoms with Crippen LogP contribution in [0.1, 0.15) is 67.8 Å². The first kappa shape index (κ1) is 30.7. The van der Waals surface area contributed by atoms with Crippen LogP contribution >= 0.6 is 31.9 Å². The van der Waals surface area contributed by atoms with Crippen LogP contribution in [0.25, 0.3) is 0 Å². The summed E-state index contributed by atoms with van der Waals surface area (Å²) >= 11 is 6.50. The molecule has 0 aliphatic carbocycles. The predicted molar refractivity (Wildman–Crippen MR) is 147 cm³/mol. The van der Waals surface area contributed by atoms with Gasteiger partial charge in [0.15, 0.2) is 0 Å². The van der Waals surface area contributed by atoms with Crippen LogP contribution in [0.15, 0.2) is 46.1 Å². The van der Waals surface area contributed by atoms with E-state index in [9.17, 15) is 0 Å². The molecule has 1 fully saturated rings. The maximum absolute atomic E-state index is 5.99. The van der Waals surface area contributed by atoms with Crippen molar-refractivity contribution in [3.05, 3.63) is 46.1 Å². The van der Waals surface area contributed by atoms with Crippen molar-refractivity contribution in [1.82, 2.24) is 29.8 Å². The molecule has 1 saturated heterocycles. The van der Waals surface area contributed by atoms with Gasteiger partial charge in [-0.1, -0.05) is 0 Å². The van der Waals surface area contributed by atoms with E-state index in [1.54, 1.807) is 34.2 Å². The smallest absolute Gasteiger partial charge is 0.399 e. The minimum atomic E-state index is -0.368. The third kappa shape index (κ3) is 8.81. The molecule has 1 aliphatic rings. The van der Waals surface area contributed by atoms with Crippen molar-refractivity contribution >= 4 is 44.4 Å². The van der Waals surface area contributed by atoms with Crippen molar-refractivity contribution in [2.75, 3.05) is 13.2 Å². The Hall–Kier alpha value is -1.51. The van der Waals surface area contributed by atoms with Crippen molar-refractivity contribution in [3.63, 3.8) is 0 Å². The van der Waals surface area contributed by atoms with E-state index >= 15 is 0 Å². The van der Waals surface area contributed by atoms with Crippen LogP contribution in [0.3, 0.4) is 0 Å². The number of H-pyrrole nitrogens is 1. The number of nitrogens with zero attached hydrogens (tertiary/aromatic N) is 5. The number of hydrogen-bond donors (Lipinski definition) is 1. The van der Waals surface area contributed by atoms with E-state index in [1.807, 2.05) is 67.8 Å². The van der Waals surface area contributed by atoms with Gasteiger partial charge in [0.25, 0.3) is 0 Å². The van der Waals surface area contributed by atoms with Gasteiger partial charge in [-0.25, -0.2) is 9.36 Å². The van der Waals surface area contributed by atoms with Crippen LogP contribution < -0.4 is 5.46 Å². The largest absolute Gasteiger partial charge is 0.498 e. The summed E-state index contributed by atoms with van der Waals surface area (Å²) < 4.78 is 28.3. The van der Waals surface area contributed by atoms with E-state index in [1.165, 1.54) is 0 Å². The summed E-state index contributed by atoms with van der Waals surface area (Å²) in [7, 11) is -0.368. The molecular weight excluding hydrogens is 595 g/mol. The van der Waals surface area contributed by atoms with Gasteiger partial charge in [-0.05, 0) is 87.2 Å². The van der Waals surface area contributed by atoms with E-state index in [4.69, 9.17) is 18.8 Å². The van der Waals surface area contributed by atoms with E-state index in [0.29, 0.717) is 13.2 Å². The molecular formula is C23H37BBr2N6O4. The van der Waals surface area contributed by atoms with Gasteiger partial charge in [-0.3, -0.25) is 5.10 Å². The van der Waals surface area contributed by atoms with Gasteiger partial charge >= 0.3 is 7.12 Å². The summed E-state index contributed by atoms with van der Waals surface area (Å²) in [6.45, 7) is 17.4. The number of ether oxygens (including phenoxy) is 2. The highest BCUT2D eigenvalue weighted by molar-refractivity contribution is 9.10. The summed E-state index contributed by atoms with van der Waals surface area (Å²) in [6, 6.07) is 0. The highest BCUT2D eigenvalue weighted by Gasteiger charge is 2.52. The minimum absolute atomic E-state index is 0.0197. The second-order valence-electron chi connectivity index (χ2n) is 9.01. The molecule has 0 aromatic carbocycles. The SMILES string of the molecule is Brc1cn[nH]c1.CCOC(C)n1cc(B2OC(C)(C)C(C)(C)O2)cn1.CCOC(C)n1cc(Br)cn1. The van der Waals surface area contributed by atoms with Crippen molar-refractivity contribution in [2.45, 2.75) is 79.0 Å². The van der Waals surface area contributed by atoms with Gasteiger partial charge in [0.2, 0.25) is 0 Å². The van der Waals surface area contributed by atoms with Gasteiger partial charge in [0, 0.05) is 43.5 Å². The molecule has 0 bridgehead atoms. The van der Waals surface area contributed by atoms with Crippen molar-refractivity contribution in [3.8, 4) is 0 Å². The fourth-order valence-electron chi connectivity index (χ4n) is 3.04. The fourth-order valence-corrected chi connectivity index (χ4v) is 3.54. The molecule has 36 heavy (non-hydrogen) atoms. The van der Waals surface area contributed by atoms with Crippen molar-refractivity contribution < 1.29 is 18.8 Å². The summed E-state index contributed by atoms with van der Waals surface area (Å²) in [5, 5.41) is 14.7. The highest BCUT2D eigenvalue weighted by Crippen LogP contribution is 2.36. The standard InChI is InChI=1S/C13H23BN2O3.C7H11BrN2O.C3H3BrN2/c1-7-17-10(2)16-9-11(8-15-16)14-18-12(3,4)13(5,6)19-14;1-3-11-6(2)10-5-7(8)4-9-10;4-3-1-5-6-2-3/h8-10H,7H2,1-6H3;4-6H,3H2,1-2H3;1-2H,(H,5,6). The van der Waals surface area contributed by atoms with Gasteiger partial charge in [0.05, 0.1) is 32.5 Å². The maximum Gasteiger partial charge on any atom is 0.498 e. The average molecular weight is 632 g/mol. The molecule has 4 heterocycles. The molecule has 13 heteroatoms. The molecule has 0 radical (unpaired) electrons. The van der Waals surface area contributed by atoms with E-state index in [0.717, 1.165) is 14.4 Å². The molecule has 0 amide bonds. The number of hydrogen-bond acceptors (Lipinski definition) is 7. The molecule has 200 valence electrons. The molecule has 4 rings (SSSR count). The third-order valence-corrected chi connectivity index (χ3v) is 6.59. The number of nitrogens with one attached hydrogen (secondary N) is 1. The van der Waals surface area contributed by atoms with Crippen molar-refractivity contribution in [2.24, 2.45) is 0 Å². The molecule has 0 saturated carbocycles. The van der Waals surface area contributed by atoms with Crippen LogP contribution in [-0.4, -0.2) is 61.3 Å². The number of rotatable bonds is 7. The topological polar surface area (TPSA) is 101 Å². The third-order valence-electron chi connectivity index (χ3n) is 5.74. The lowest BCUT2D eigenvalue weighted by Crippen LogP contribution is -2.41. The average Bonchev–Trinajstić information content (AvgIpc) is 3.58. The van der Waals surface area contributed by atoms with Gasteiger partial charge in [-0.15, -0.1) is 0 Å². The molecule has 0 spiro atoms. The number of halogens is 2. The van der Waals surface area contributed by atoms with Gasteiger partial charge in [0.1, 0.15) is 12.5 Å². The lowest BCUT2D eigenvalue weighted by Gasteiger charge is -2.32. The molecule has 1 aliphatic heterocycles. The first-order valence-electron chi connectivity index (χ1n) is 11.9. The van der Waals surface area contributed by atoms with Crippen LogP contribution in [0.4, 0.5) is 0 Å². The Balaban J connectivity index is 0.000000224. The van der Waals surface area contributed by atoms with Crippen LogP contribution in [0.2, 0.25) is 0 Å². The first-order valence-corrected chi connectivity index (χ1v) is 13.5. The number of aromatic amines is 1. The Labute approximate surface area is 230 Å². The molecule has 3 aromatic rings. The lowest BCUT2D eigenvalue weighted by atomic mass is 9.82. The molecule has 3 aromatic heterocycles. The van der Waals surface area contributed by atoms with E-state index in [2.05, 4.69) is 52.3 Å². The first-order chi connectivity index (χ1) is 16.9. The summed E-state index contributed by atoms with van der Waals surface area (Å²) in [6.07, 6.45) is 10.7. The minimum Gasteiger partial charge on any atom is -0.399 e. The highest BCUT2D eigenvalue weighted by atomic mass is 79.9. The molecule has 10 nitrogen and oxygen atoms in total. The summed E-state index contributed by atoms with van der Waals surface area (Å²) in [4.78, 5) is 0. The van der Waals surface area contributed by atoms with E-state index < -0.39 is 0 Å². The lowest BCUT2D eigenvalue weighted by molar-refractivity contribution is 0.00578. The van der Waals surface area contributed by atoms with Gasteiger partial charge in [-0.2, -0.15) is 15.3 Å². The van der Waals surface area contributed by atoms with Crippen LogP contribution in [-0.2, 0) is 18.8 Å². The number of aromatic nitrogens is 6. The molecule has 1 N–H and O–H groups in total. The van der Waals surface area contributed by atoms with Crippen LogP contribution in [0, 0.1) is 0 Å². The zero-order valence-electron chi connectivity index (χ0n) is 22.2. The predicted octanol–water partition coefficient (Wildman–Crippen LogP) is 5.11. The Kier molecular flexibility index (Phi) is 11.8. The second kappa shape index (κ2) is 13.9. The summed E-state index contributed by atoms with van der Waals surface area (Å²) in [5.74, 6) is 0. The van der Waals surface area contributed by atoms with Crippen molar-refractivity contribution in [1.29, 1.82) is 0 Å². The monoisotopic (exact) mass is 630 g/mol. The van der Waals surface area contributed by atoms with Crippen LogP contribution in [0.5, 0.6) is 0 Å². The Bertz CT molecular complexity index is 1010. The van der Waals surface area contributed by atoms with Gasteiger partial charge < -0.3 is 18.8 Å².